The lowest BCUT2D eigenvalue weighted by atomic mass is 10.1. The Morgan fingerprint density at radius 3 is 2.94 bits per heavy atom. The number of anilines is 1. The molecule has 1 fully saturated rings. The van der Waals surface area contributed by atoms with Crippen molar-refractivity contribution in [2.45, 2.75) is 6.42 Å². The summed E-state index contributed by atoms with van der Waals surface area (Å²) in [5.74, 6) is -1.06. The van der Waals surface area contributed by atoms with Gasteiger partial charge in [0.05, 0.1) is 11.6 Å². The van der Waals surface area contributed by atoms with Crippen LogP contribution in [0.25, 0.3) is 0 Å². The minimum absolute atomic E-state index is 0.139. The molecule has 0 aliphatic carbocycles. The minimum atomic E-state index is -0.462. The number of pyridine rings is 1. The highest BCUT2D eigenvalue weighted by Gasteiger charge is 2.34. The molecule has 2 rings (SSSR count). The van der Waals surface area contributed by atoms with Gasteiger partial charge in [0.2, 0.25) is 11.8 Å². The van der Waals surface area contributed by atoms with E-state index in [1.807, 2.05) is 0 Å². The second-order valence-corrected chi connectivity index (χ2v) is 3.98. The summed E-state index contributed by atoms with van der Waals surface area (Å²) < 4.78 is 0. The van der Waals surface area contributed by atoms with E-state index in [4.69, 9.17) is 17.3 Å². The quantitative estimate of drug-likeness (QED) is 0.767. The van der Waals surface area contributed by atoms with Crippen LogP contribution in [-0.4, -0.2) is 23.3 Å². The van der Waals surface area contributed by atoms with Gasteiger partial charge in [-0.2, -0.15) is 0 Å². The predicted molar refractivity (Wildman–Crippen MR) is 58.9 cm³/mol. The molecule has 1 saturated heterocycles. The van der Waals surface area contributed by atoms with Crippen molar-refractivity contribution in [3.05, 3.63) is 23.5 Å². The molecule has 1 aromatic heterocycles. The number of nitrogens with two attached hydrogens (primary N) is 1. The molecule has 84 valence electrons. The van der Waals surface area contributed by atoms with Crippen molar-refractivity contribution in [1.29, 1.82) is 0 Å². The van der Waals surface area contributed by atoms with Gasteiger partial charge in [-0.05, 0) is 12.1 Å². The zero-order chi connectivity index (χ0) is 11.7. The summed E-state index contributed by atoms with van der Waals surface area (Å²) in [6.07, 6.45) is 1.68. The summed E-state index contributed by atoms with van der Waals surface area (Å²) >= 11 is 5.88. The zero-order valence-corrected chi connectivity index (χ0v) is 9.15. The number of nitrogens with zero attached hydrogens (tertiary/aromatic N) is 2. The average molecular weight is 240 g/mol. The molecule has 16 heavy (non-hydrogen) atoms. The molecule has 0 spiro atoms. The Balaban J connectivity index is 2.27. The standard InChI is InChI=1S/C10H10ClN3O2/c11-9-7(2-1-3-13-9)14-5-6(10(12)16)4-8(14)15/h1-3,6H,4-5H2,(H2,12,16). The number of amides is 2. The fourth-order valence-corrected chi connectivity index (χ4v) is 1.93. The van der Waals surface area contributed by atoms with E-state index in [-0.39, 0.29) is 24.0 Å². The van der Waals surface area contributed by atoms with Crippen LogP contribution in [0.4, 0.5) is 5.69 Å². The van der Waals surface area contributed by atoms with Crippen molar-refractivity contribution >= 4 is 29.1 Å². The van der Waals surface area contributed by atoms with Gasteiger partial charge in [-0.25, -0.2) is 4.98 Å². The van der Waals surface area contributed by atoms with Gasteiger partial charge >= 0.3 is 0 Å². The minimum Gasteiger partial charge on any atom is -0.369 e. The molecule has 0 aromatic carbocycles. The molecule has 2 N–H and O–H groups in total. The first kappa shape index (κ1) is 10.9. The Bertz CT molecular complexity index is 449. The molecule has 1 atom stereocenters. The van der Waals surface area contributed by atoms with E-state index in [0.29, 0.717) is 5.69 Å². The van der Waals surface area contributed by atoms with Gasteiger partial charge in [0.25, 0.3) is 0 Å². The summed E-state index contributed by atoms with van der Waals surface area (Å²) in [4.78, 5) is 28.0. The van der Waals surface area contributed by atoms with Crippen molar-refractivity contribution < 1.29 is 9.59 Å². The van der Waals surface area contributed by atoms with Crippen LogP contribution in [0.3, 0.4) is 0 Å². The monoisotopic (exact) mass is 239 g/mol. The summed E-state index contributed by atoms with van der Waals surface area (Å²) in [6, 6.07) is 3.38. The number of aromatic nitrogens is 1. The van der Waals surface area contributed by atoms with Gasteiger partial charge in [-0.3, -0.25) is 9.59 Å². The van der Waals surface area contributed by atoms with Gasteiger partial charge in [-0.1, -0.05) is 11.6 Å². The molecule has 1 aliphatic rings. The number of rotatable bonds is 2. The van der Waals surface area contributed by atoms with Crippen molar-refractivity contribution in [3.8, 4) is 0 Å². The number of carbonyl (C=O) groups is 2. The lowest BCUT2D eigenvalue weighted by Gasteiger charge is -2.16. The number of halogens is 1. The third-order valence-electron chi connectivity index (χ3n) is 2.56. The Morgan fingerprint density at radius 1 is 1.62 bits per heavy atom. The Labute approximate surface area is 97.2 Å². The van der Waals surface area contributed by atoms with E-state index in [9.17, 15) is 9.59 Å². The SMILES string of the molecule is NC(=O)C1CC(=O)N(c2cccnc2Cl)C1. The van der Waals surface area contributed by atoms with Crippen molar-refractivity contribution in [3.63, 3.8) is 0 Å². The van der Waals surface area contributed by atoms with Gasteiger partial charge in [0.15, 0.2) is 5.15 Å². The maximum atomic E-state index is 11.7. The fourth-order valence-electron chi connectivity index (χ4n) is 1.71. The second kappa shape index (κ2) is 4.09. The van der Waals surface area contributed by atoms with Crippen LogP contribution >= 0.6 is 11.6 Å². The van der Waals surface area contributed by atoms with E-state index >= 15 is 0 Å². The van der Waals surface area contributed by atoms with Crippen LogP contribution in [0.2, 0.25) is 5.15 Å². The molecule has 0 radical (unpaired) electrons. The van der Waals surface area contributed by atoms with E-state index in [2.05, 4.69) is 4.98 Å². The smallest absolute Gasteiger partial charge is 0.227 e. The molecule has 0 bridgehead atoms. The number of primary amides is 1. The third-order valence-corrected chi connectivity index (χ3v) is 2.85. The molecular weight excluding hydrogens is 230 g/mol. The van der Waals surface area contributed by atoms with Gasteiger partial charge in [-0.15, -0.1) is 0 Å². The highest BCUT2D eigenvalue weighted by molar-refractivity contribution is 6.32. The molecule has 1 unspecified atom stereocenters. The van der Waals surface area contributed by atoms with Crippen LogP contribution in [0.15, 0.2) is 18.3 Å². The first-order valence-electron chi connectivity index (χ1n) is 4.80. The Hall–Kier alpha value is -1.62. The second-order valence-electron chi connectivity index (χ2n) is 3.62. The highest BCUT2D eigenvalue weighted by Crippen LogP contribution is 2.29. The molecule has 6 heteroatoms. The maximum absolute atomic E-state index is 11.7. The molecule has 0 saturated carbocycles. The predicted octanol–water partition coefficient (Wildman–Crippen LogP) is 0.573. The third kappa shape index (κ3) is 1.86. The van der Waals surface area contributed by atoms with Gasteiger partial charge < -0.3 is 10.6 Å². The lowest BCUT2D eigenvalue weighted by molar-refractivity contribution is -0.123. The first-order valence-corrected chi connectivity index (χ1v) is 5.17. The normalized spacial score (nSPS) is 20.2. The number of carbonyl (C=O) groups excluding carboxylic acids is 2. The maximum Gasteiger partial charge on any atom is 0.227 e. The Kier molecular flexibility index (Phi) is 2.78. The summed E-state index contributed by atoms with van der Waals surface area (Å²) in [5, 5.41) is 0.251. The van der Waals surface area contributed by atoms with Gasteiger partial charge in [0, 0.05) is 19.2 Å². The zero-order valence-electron chi connectivity index (χ0n) is 8.39. The molecule has 2 amide bonds. The van der Waals surface area contributed by atoms with E-state index < -0.39 is 11.8 Å². The van der Waals surface area contributed by atoms with Crippen LogP contribution in [0.5, 0.6) is 0 Å². The molecule has 2 heterocycles. The lowest BCUT2D eigenvalue weighted by Crippen LogP contribution is -2.28. The molecule has 5 nitrogen and oxygen atoms in total. The highest BCUT2D eigenvalue weighted by atomic mass is 35.5. The largest absolute Gasteiger partial charge is 0.369 e. The Morgan fingerprint density at radius 2 is 2.38 bits per heavy atom. The van der Waals surface area contributed by atoms with Crippen molar-refractivity contribution in [1.82, 2.24) is 4.98 Å². The van der Waals surface area contributed by atoms with Crippen LogP contribution in [0.1, 0.15) is 6.42 Å². The van der Waals surface area contributed by atoms with E-state index in [0.717, 1.165) is 0 Å². The molecular formula is C10H10ClN3O2. The van der Waals surface area contributed by atoms with E-state index in [1.165, 1.54) is 11.1 Å². The molecule has 1 aliphatic heterocycles. The van der Waals surface area contributed by atoms with Crippen LogP contribution in [-0.2, 0) is 9.59 Å². The van der Waals surface area contributed by atoms with Crippen molar-refractivity contribution in [2.24, 2.45) is 11.7 Å². The first-order chi connectivity index (χ1) is 7.59. The van der Waals surface area contributed by atoms with Crippen LogP contribution in [0, 0.1) is 5.92 Å². The summed E-state index contributed by atoms with van der Waals surface area (Å²) in [6.45, 7) is 0.277. The van der Waals surface area contributed by atoms with Gasteiger partial charge in [0.1, 0.15) is 0 Å². The van der Waals surface area contributed by atoms with Crippen molar-refractivity contribution in [2.75, 3.05) is 11.4 Å². The summed E-state index contributed by atoms with van der Waals surface area (Å²) in [5.41, 5.74) is 5.70. The average Bonchev–Trinajstić information content (AvgIpc) is 2.61. The van der Waals surface area contributed by atoms with E-state index in [1.54, 1.807) is 12.1 Å². The van der Waals surface area contributed by atoms with Crippen LogP contribution < -0.4 is 10.6 Å². The fraction of sp³-hybridized carbons (Fsp3) is 0.300. The topological polar surface area (TPSA) is 76.3 Å². The molecule has 1 aromatic rings. The number of hydrogen-bond donors (Lipinski definition) is 1. The number of hydrogen-bond acceptors (Lipinski definition) is 3. The summed E-state index contributed by atoms with van der Waals surface area (Å²) in [7, 11) is 0.